The molecule has 0 spiro atoms. The lowest BCUT2D eigenvalue weighted by molar-refractivity contribution is -0.159. The van der Waals surface area contributed by atoms with Gasteiger partial charge in [0, 0.05) is 57.2 Å². The third-order valence-electron chi connectivity index (χ3n) is 21.5. The van der Waals surface area contributed by atoms with Crippen LogP contribution in [0.3, 0.4) is 0 Å². The van der Waals surface area contributed by atoms with Crippen LogP contribution < -0.4 is 31.9 Å². The lowest BCUT2D eigenvalue weighted by Gasteiger charge is -2.25. The maximum absolute atomic E-state index is 12.0. The molecule has 5 aliphatic rings. The number of ether oxygens (including phenoxy) is 5. The van der Waals surface area contributed by atoms with Crippen molar-refractivity contribution in [2.24, 2.45) is 17.8 Å². The molecule has 0 amide bonds. The predicted octanol–water partition coefficient (Wildman–Crippen LogP) is 12.3. The number of benzene rings is 6. The number of nitrogens with zero attached hydrogens (tertiary/aromatic N) is 9. The molecule has 0 radical (unpaired) electrons. The van der Waals surface area contributed by atoms with Gasteiger partial charge in [0.05, 0.1) is 125 Å². The minimum atomic E-state index is -1.08. The van der Waals surface area contributed by atoms with Gasteiger partial charge < -0.3 is 91.3 Å². The molecule has 5 fully saturated rings. The summed E-state index contributed by atoms with van der Waals surface area (Å²) in [6.45, 7) is 14.2. The zero-order valence-electron chi connectivity index (χ0n) is 65.8. The van der Waals surface area contributed by atoms with E-state index < -0.39 is 47.7 Å². The van der Waals surface area contributed by atoms with Crippen LogP contribution in [-0.2, 0) is 43.3 Å². The Labute approximate surface area is 690 Å². The smallest absolute Gasteiger partial charge is 0.337 e. The van der Waals surface area contributed by atoms with Crippen LogP contribution in [0.25, 0.3) is 62.4 Å². The van der Waals surface area contributed by atoms with E-state index in [0.29, 0.717) is 96.0 Å². The number of aromatic carboxylic acids is 2. The Kier molecular flexibility index (Phi) is 24.3. The van der Waals surface area contributed by atoms with E-state index in [1.807, 2.05) is 139 Å². The molecule has 3 aliphatic carbocycles. The molecule has 33 heteroatoms. The first-order valence-electron chi connectivity index (χ1n) is 38.8. The van der Waals surface area contributed by atoms with Gasteiger partial charge in [0.25, 0.3) is 0 Å². The van der Waals surface area contributed by atoms with Gasteiger partial charge in [-0.3, -0.25) is 0 Å². The predicted molar refractivity (Wildman–Crippen MR) is 450 cm³/mol. The van der Waals surface area contributed by atoms with E-state index in [-0.39, 0.29) is 85.3 Å². The van der Waals surface area contributed by atoms with Crippen LogP contribution in [0.1, 0.15) is 112 Å². The van der Waals surface area contributed by atoms with E-state index in [9.17, 15) is 50.1 Å². The molecule has 12 aromatic rings. The van der Waals surface area contributed by atoms with Crippen molar-refractivity contribution < 1.29 is 73.8 Å². The highest BCUT2D eigenvalue weighted by Gasteiger charge is 2.56. The highest BCUT2D eigenvalue weighted by atomic mass is 32.1. The Morgan fingerprint density at radius 3 is 1.09 bits per heavy atom. The fourth-order valence-electron chi connectivity index (χ4n) is 15.9. The molecule has 6 aromatic carbocycles. The van der Waals surface area contributed by atoms with Crippen molar-refractivity contribution in [3.05, 3.63) is 196 Å². The molecule has 12 atom stereocenters. The van der Waals surface area contributed by atoms with Crippen LogP contribution in [0.2, 0.25) is 0 Å². The number of aliphatic hydroxyl groups is 5. The van der Waals surface area contributed by atoms with E-state index in [2.05, 4.69) is 47.9 Å². The molecule has 2 saturated heterocycles. The number of thiazole rings is 3. The number of aryl methyl sites for hydroxylation is 3. The fraction of sp³-hybridized carbons (Fsp3) is 0.365. The number of carboxylic acid groups (broad SMARTS) is 2. The second kappa shape index (κ2) is 34.9. The number of carboxylic acids is 2. The van der Waals surface area contributed by atoms with Crippen LogP contribution in [0.15, 0.2) is 146 Å². The van der Waals surface area contributed by atoms with Gasteiger partial charge in [0.1, 0.15) is 50.8 Å². The number of rotatable bonds is 24. The molecule has 2 aliphatic heterocycles. The number of aliphatic hydroxyl groups excluding tert-OH is 5. The Balaban J connectivity index is 0.000000139. The molecular weight excluding hydrogens is 1570 g/mol. The summed E-state index contributed by atoms with van der Waals surface area (Å²) < 4.78 is 32.9. The number of carbonyl (C=O) groups is 3. The number of hydrogen-bond donors (Lipinski definition) is 13. The van der Waals surface area contributed by atoms with E-state index in [4.69, 9.17) is 58.6 Å². The van der Waals surface area contributed by atoms with E-state index >= 15 is 0 Å². The van der Waals surface area contributed by atoms with Crippen LogP contribution in [0.5, 0.6) is 0 Å². The molecule has 6 aromatic heterocycles. The van der Waals surface area contributed by atoms with E-state index in [0.717, 1.165) is 79.9 Å². The number of methoxy groups -OCH3 is 1. The third kappa shape index (κ3) is 18.1. The number of hydrogen-bond acceptors (Lipinski definition) is 31. The summed E-state index contributed by atoms with van der Waals surface area (Å²) in [6.07, 6.45) is -1.33. The fourth-order valence-corrected chi connectivity index (χ4v) is 19.1. The number of fused-ring (bicyclic) bond motifs is 5. The molecule has 13 N–H and O–H groups in total. The lowest BCUT2D eigenvalue weighted by atomic mass is 10.1. The largest absolute Gasteiger partial charge is 0.478 e. The summed E-state index contributed by atoms with van der Waals surface area (Å²) in [5, 5.41) is 91.8. The van der Waals surface area contributed by atoms with Crippen LogP contribution in [0.4, 0.5) is 35.3 Å². The van der Waals surface area contributed by atoms with Gasteiger partial charge in [-0.25, -0.2) is 44.3 Å². The van der Waals surface area contributed by atoms with Crippen molar-refractivity contribution in [1.29, 1.82) is 0 Å². The minimum Gasteiger partial charge on any atom is -0.478 e. The first-order chi connectivity index (χ1) is 56.8. The van der Waals surface area contributed by atoms with Gasteiger partial charge in [-0.05, 0) is 157 Å². The number of anilines is 6. The second-order valence-electron chi connectivity index (χ2n) is 30.7. The number of aromatic nitrogens is 9. The van der Waals surface area contributed by atoms with E-state index in [1.54, 1.807) is 65.1 Å². The third-order valence-corrected chi connectivity index (χ3v) is 24.6. The standard InChI is InChI=1S/C30H33N5O5S.C29H31N5O5S.C26H27N5O5S/c1-16-23(27-34-20-10-5-6-11-22(20)41-27)26(33-21-13-19(15-36)24-25(21)40-30(2,3)39-24)35-29(32-16)31-14-17-8-7-9-18(12-17)28(37)38-4;1-15-22(26-33-19-9-4-5-10-21(19)40-26)25(32-20-12-18(14-35)23-24(20)39-29(2,3)38-23)34-28(31-15)30-13-16-7-6-8-17(11-16)27(36)37;1-13-20(24-30-17-7-2-3-8-19(17)37-24)23(29-18-10-16(12-32)21(33)22(18)34)31-26(28-13)27-11-14-5-4-6-15(9-14)25(35)36/h5-12,19,21,24-25,36H,13-15H2,1-4H3,(H2,31,32,33,35);4-11,18,20,23-24,35H,12-14H2,1-3H3,(H,36,37)(H2,30,31,32,34);2-9,16,18,21-22,32-34H,10-12H2,1H3,(H,35,36)(H2,27,28,29,31)/t19-,21-,24-,25?;18-,20-,23-,24?;16-,18-,21-,22+/m111/s1. The van der Waals surface area contributed by atoms with Crippen LogP contribution in [0, 0.1) is 38.5 Å². The minimum absolute atomic E-state index is 0.00846. The summed E-state index contributed by atoms with van der Waals surface area (Å²) in [4.78, 5) is 77.8. The van der Waals surface area contributed by atoms with Crippen LogP contribution in [-0.4, -0.2) is 192 Å². The molecule has 118 heavy (non-hydrogen) atoms. The molecular formula is C85H91N15O15S3. The van der Waals surface area contributed by atoms with Crippen molar-refractivity contribution in [1.82, 2.24) is 44.9 Å². The Morgan fingerprint density at radius 1 is 0.424 bits per heavy atom. The monoisotopic (exact) mass is 1660 g/mol. The lowest BCUT2D eigenvalue weighted by Crippen LogP contribution is -2.35. The zero-order chi connectivity index (χ0) is 82.8. The highest BCUT2D eigenvalue weighted by Crippen LogP contribution is 2.47. The first-order valence-corrected chi connectivity index (χ1v) is 41.2. The SMILES string of the molecule is COC(=O)c1cccc(CNc2nc(C)c(-c3nc4ccccc4s3)c(N[C@@H]3C[C@H](CO)[C@H]4OC(C)(C)OC34)n2)c1.Cc1nc(NCc2cccc(C(=O)O)c2)nc(N[C@@H]2C[C@H](CO)[C@@H](O)[C@H]2O)c1-c1nc2ccccc2s1.Cc1nc(NCc2cccc(C(=O)O)c2)nc(N[C@@H]2C[C@H](CO)[C@H]3OC(C)(C)OC23)c1-c1nc2ccccc2s1. The number of carbonyl (C=O) groups excluding carboxylic acids is 1. The molecule has 0 bridgehead atoms. The molecule has 17 rings (SSSR count). The normalized spacial score (nSPS) is 22.6. The summed E-state index contributed by atoms with van der Waals surface area (Å²) in [5.41, 5.74) is 10.5. The van der Waals surface area contributed by atoms with Crippen molar-refractivity contribution in [3.8, 4) is 31.7 Å². The number of esters is 1. The maximum atomic E-state index is 12.0. The van der Waals surface area contributed by atoms with Gasteiger partial charge in [-0.2, -0.15) is 15.0 Å². The van der Waals surface area contributed by atoms with Crippen molar-refractivity contribution in [3.63, 3.8) is 0 Å². The summed E-state index contributed by atoms with van der Waals surface area (Å²) in [6, 6.07) is 43.6. The topological polar surface area (TPSA) is 427 Å². The number of nitrogens with one attached hydrogen (secondary N) is 6. The van der Waals surface area contributed by atoms with Crippen LogP contribution >= 0.6 is 34.0 Å². The van der Waals surface area contributed by atoms with Crippen molar-refractivity contribution in [2.45, 2.75) is 154 Å². The van der Waals surface area contributed by atoms with Gasteiger partial charge in [-0.1, -0.05) is 72.8 Å². The van der Waals surface area contributed by atoms with Gasteiger partial charge in [-0.15, -0.1) is 34.0 Å². The van der Waals surface area contributed by atoms with Gasteiger partial charge in [0.15, 0.2) is 11.6 Å². The summed E-state index contributed by atoms with van der Waals surface area (Å²) >= 11 is 4.67. The Bertz CT molecular complexity index is 5590. The van der Waals surface area contributed by atoms with Crippen molar-refractivity contribution >= 4 is 118 Å². The van der Waals surface area contributed by atoms with E-state index in [1.165, 1.54) is 24.5 Å². The average molecular weight is 1660 g/mol. The summed E-state index contributed by atoms with van der Waals surface area (Å²) in [5.74, 6) is -1.52. The number of para-hydroxylation sites is 3. The maximum Gasteiger partial charge on any atom is 0.337 e. The average Bonchev–Trinajstić information content (AvgIpc) is 1.61. The van der Waals surface area contributed by atoms with Gasteiger partial charge >= 0.3 is 17.9 Å². The van der Waals surface area contributed by atoms with Crippen molar-refractivity contribution in [2.75, 3.05) is 58.8 Å². The highest BCUT2D eigenvalue weighted by molar-refractivity contribution is 7.22. The van der Waals surface area contributed by atoms with Gasteiger partial charge in [0.2, 0.25) is 17.8 Å². The summed E-state index contributed by atoms with van der Waals surface area (Å²) in [7, 11) is 1.37. The molecule has 2 unspecified atom stereocenters. The first kappa shape index (κ1) is 82.2. The Morgan fingerprint density at radius 2 is 0.754 bits per heavy atom. The molecule has 8 heterocycles. The molecule has 614 valence electrons. The molecule has 3 saturated carbocycles. The molecule has 30 nitrogen and oxygen atoms in total. The second-order valence-corrected chi connectivity index (χ2v) is 33.8. The Hall–Kier alpha value is -10.9. The zero-order valence-corrected chi connectivity index (χ0v) is 68.2. The quantitative estimate of drug-likeness (QED) is 0.0250.